The van der Waals surface area contributed by atoms with Crippen LogP contribution >= 0.6 is 0 Å². The molecule has 0 aromatic carbocycles. The predicted octanol–water partition coefficient (Wildman–Crippen LogP) is 1.87. The molecule has 2 rings (SSSR count). The summed E-state index contributed by atoms with van der Waals surface area (Å²) >= 11 is 0. The second-order valence-corrected chi connectivity index (χ2v) is 5.11. The number of rotatable bonds is 5. The van der Waals surface area contributed by atoms with Gasteiger partial charge in [0.1, 0.15) is 0 Å². The van der Waals surface area contributed by atoms with E-state index in [0.717, 1.165) is 31.6 Å². The number of hydrogen-bond acceptors (Lipinski definition) is 5. The van der Waals surface area contributed by atoms with Crippen LogP contribution in [-0.2, 0) is 4.79 Å². The van der Waals surface area contributed by atoms with E-state index >= 15 is 0 Å². The average Bonchev–Trinajstić information content (AvgIpc) is 2.38. The molecule has 0 aliphatic carbocycles. The molecule has 6 heteroatoms. The lowest BCUT2D eigenvalue weighted by molar-refractivity contribution is -0.138. The molecule has 0 amide bonds. The summed E-state index contributed by atoms with van der Waals surface area (Å²) in [7, 11) is 0. The van der Waals surface area contributed by atoms with Crippen molar-refractivity contribution in [2.45, 2.75) is 33.1 Å². The minimum atomic E-state index is -0.714. The number of carboxylic acid groups (broad SMARTS) is 1. The molecule has 0 radical (unpaired) electrons. The molecule has 1 fully saturated rings. The average molecular weight is 279 g/mol. The Balaban J connectivity index is 2.01. The van der Waals surface area contributed by atoms with Crippen LogP contribution < -0.4 is 9.64 Å². The first-order valence-corrected chi connectivity index (χ1v) is 7.03. The van der Waals surface area contributed by atoms with Crippen LogP contribution in [0, 0.1) is 12.8 Å². The topological polar surface area (TPSA) is 75.5 Å². The maximum absolute atomic E-state index is 10.7. The van der Waals surface area contributed by atoms with E-state index in [1.165, 1.54) is 0 Å². The van der Waals surface area contributed by atoms with Crippen LogP contribution in [0.2, 0.25) is 0 Å². The van der Waals surface area contributed by atoms with E-state index in [0.29, 0.717) is 18.4 Å². The maximum Gasteiger partial charge on any atom is 0.303 e. The molecule has 0 bridgehead atoms. The highest BCUT2D eigenvalue weighted by molar-refractivity contribution is 5.67. The number of nitrogens with zero attached hydrogens (tertiary/aromatic N) is 3. The van der Waals surface area contributed by atoms with Crippen LogP contribution in [0.3, 0.4) is 0 Å². The second kappa shape index (κ2) is 6.54. The van der Waals surface area contributed by atoms with Crippen LogP contribution in [0.5, 0.6) is 5.88 Å². The van der Waals surface area contributed by atoms with Gasteiger partial charge in [-0.3, -0.25) is 4.79 Å². The molecule has 1 saturated heterocycles. The van der Waals surface area contributed by atoms with E-state index in [1.807, 2.05) is 19.9 Å². The summed E-state index contributed by atoms with van der Waals surface area (Å²) in [5, 5.41) is 8.83. The van der Waals surface area contributed by atoms with Gasteiger partial charge in [0.25, 0.3) is 0 Å². The van der Waals surface area contributed by atoms with E-state index in [-0.39, 0.29) is 12.3 Å². The van der Waals surface area contributed by atoms with Crippen molar-refractivity contribution in [2.24, 2.45) is 5.92 Å². The Morgan fingerprint density at radius 2 is 2.15 bits per heavy atom. The third kappa shape index (κ3) is 3.82. The zero-order chi connectivity index (χ0) is 14.5. The summed E-state index contributed by atoms with van der Waals surface area (Å²) in [5.74, 6) is 0.832. The van der Waals surface area contributed by atoms with Crippen molar-refractivity contribution in [3.05, 3.63) is 11.8 Å². The highest BCUT2D eigenvalue weighted by atomic mass is 16.5. The van der Waals surface area contributed by atoms with E-state index in [1.54, 1.807) is 0 Å². The molecule has 1 N–H and O–H groups in total. The predicted molar refractivity (Wildman–Crippen MR) is 75.1 cm³/mol. The third-order valence-electron chi connectivity index (χ3n) is 3.47. The second-order valence-electron chi connectivity index (χ2n) is 5.11. The van der Waals surface area contributed by atoms with E-state index in [9.17, 15) is 4.79 Å². The number of carbonyl (C=O) groups is 1. The number of aryl methyl sites for hydroxylation is 1. The third-order valence-corrected chi connectivity index (χ3v) is 3.47. The van der Waals surface area contributed by atoms with Crippen molar-refractivity contribution in [1.82, 2.24) is 9.97 Å². The van der Waals surface area contributed by atoms with Gasteiger partial charge in [0.05, 0.1) is 6.61 Å². The van der Waals surface area contributed by atoms with Gasteiger partial charge < -0.3 is 14.7 Å². The summed E-state index contributed by atoms with van der Waals surface area (Å²) in [4.78, 5) is 21.7. The Labute approximate surface area is 118 Å². The fourth-order valence-electron chi connectivity index (χ4n) is 2.47. The van der Waals surface area contributed by atoms with Gasteiger partial charge >= 0.3 is 5.97 Å². The van der Waals surface area contributed by atoms with E-state index in [2.05, 4.69) is 14.9 Å². The summed E-state index contributed by atoms with van der Waals surface area (Å²) in [5.41, 5.74) is 0.881. The zero-order valence-corrected chi connectivity index (χ0v) is 12.0. The highest BCUT2D eigenvalue weighted by Crippen LogP contribution is 2.24. The molecule has 110 valence electrons. The number of piperidine rings is 1. The maximum atomic E-state index is 10.7. The molecule has 0 saturated carbocycles. The Kier molecular flexibility index (Phi) is 4.76. The van der Waals surface area contributed by atoms with Crippen molar-refractivity contribution in [1.29, 1.82) is 0 Å². The van der Waals surface area contributed by atoms with Crippen LogP contribution in [0.15, 0.2) is 6.07 Å². The quantitative estimate of drug-likeness (QED) is 0.887. The van der Waals surface area contributed by atoms with Gasteiger partial charge in [0.2, 0.25) is 11.8 Å². The van der Waals surface area contributed by atoms with Crippen LogP contribution in [0.1, 0.15) is 31.9 Å². The van der Waals surface area contributed by atoms with Crippen LogP contribution in [-0.4, -0.2) is 40.7 Å². The van der Waals surface area contributed by atoms with Crippen molar-refractivity contribution in [2.75, 3.05) is 24.6 Å². The smallest absolute Gasteiger partial charge is 0.303 e. The highest BCUT2D eigenvalue weighted by Gasteiger charge is 2.23. The monoisotopic (exact) mass is 279 g/mol. The number of ether oxygens (including phenoxy) is 1. The summed E-state index contributed by atoms with van der Waals surface area (Å²) in [6, 6.07) is 1.82. The minimum absolute atomic E-state index is 0.257. The van der Waals surface area contributed by atoms with Crippen molar-refractivity contribution in [3.8, 4) is 5.88 Å². The molecule has 0 spiro atoms. The molecule has 20 heavy (non-hydrogen) atoms. The lowest BCUT2D eigenvalue weighted by Crippen LogP contribution is -2.35. The standard InChI is InChI=1S/C14H21N3O3/c1-3-20-12-8-10(2)15-14(16-12)17-6-4-11(5-7-17)9-13(18)19/h8,11H,3-7,9H2,1-2H3,(H,18,19). The molecule has 1 aromatic rings. The first-order valence-electron chi connectivity index (χ1n) is 7.03. The van der Waals surface area contributed by atoms with Crippen LogP contribution in [0.4, 0.5) is 5.95 Å². The molecule has 1 aliphatic heterocycles. The summed E-state index contributed by atoms with van der Waals surface area (Å²) in [6.45, 7) is 6.02. The van der Waals surface area contributed by atoms with Gasteiger partial charge in [-0.15, -0.1) is 0 Å². The molecular formula is C14H21N3O3. The van der Waals surface area contributed by atoms with Gasteiger partial charge in [0.15, 0.2) is 0 Å². The normalized spacial score (nSPS) is 16.2. The van der Waals surface area contributed by atoms with Crippen molar-refractivity contribution >= 4 is 11.9 Å². The largest absolute Gasteiger partial charge is 0.481 e. The molecule has 1 aromatic heterocycles. The molecule has 0 atom stereocenters. The van der Waals surface area contributed by atoms with E-state index in [4.69, 9.17) is 9.84 Å². The van der Waals surface area contributed by atoms with Crippen molar-refractivity contribution in [3.63, 3.8) is 0 Å². The molecule has 6 nitrogen and oxygen atoms in total. The Morgan fingerprint density at radius 1 is 1.45 bits per heavy atom. The van der Waals surface area contributed by atoms with Gasteiger partial charge in [0, 0.05) is 31.3 Å². The Morgan fingerprint density at radius 3 is 2.75 bits per heavy atom. The van der Waals surface area contributed by atoms with E-state index < -0.39 is 5.97 Å². The fraction of sp³-hybridized carbons (Fsp3) is 0.643. The molecular weight excluding hydrogens is 258 g/mol. The molecule has 1 aliphatic rings. The van der Waals surface area contributed by atoms with Gasteiger partial charge in [-0.2, -0.15) is 4.98 Å². The Bertz CT molecular complexity index is 471. The molecule has 0 unspecified atom stereocenters. The lowest BCUT2D eigenvalue weighted by atomic mass is 9.94. The van der Waals surface area contributed by atoms with Gasteiger partial charge in [-0.1, -0.05) is 0 Å². The first-order chi connectivity index (χ1) is 9.58. The number of anilines is 1. The SMILES string of the molecule is CCOc1cc(C)nc(N2CCC(CC(=O)O)CC2)n1. The summed E-state index contributed by atoms with van der Waals surface area (Å²) < 4.78 is 5.44. The Hall–Kier alpha value is -1.85. The van der Waals surface area contributed by atoms with Crippen LogP contribution in [0.25, 0.3) is 0 Å². The lowest BCUT2D eigenvalue weighted by Gasteiger charge is -2.31. The number of aromatic nitrogens is 2. The zero-order valence-electron chi connectivity index (χ0n) is 12.0. The van der Waals surface area contributed by atoms with Gasteiger partial charge in [-0.05, 0) is 32.6 Å². The molecule has 2 heterocycles. The van der Waals surface area contributed by atoms with Gasteiger partial charge in [-0.25, -0.2) is 4.98 Å². The number of carboxylic acids is 1. The van der Waals surface area contributed by atoms with Crippen molar-refractivity contribution < 1.29 is 14.6 Å². The first kappa shape index (κ1) is 14.6. The number of hydrogen-bond donors (Lipinski definition) is 1. The number of aliphatic carboxylic acids is 1. The summed E-state index contributed by atoms with van der Waals surface area (Å²) in [6.07, 6.45) is 1.99. The fourth-order valence-corrected chi connectivity index (χ4v) is 2.47. The minimum Gasteiger partial charge on any atom is -0.481 e.